The van der Waals surface area contributed by atoms with E-state index in [1.165, 1.54) is 41.1 Å². The molecule has 0 amide bonds. The van der Waals surface area contributed by atoms with E-state index in [1.807, 2.05) is 17.0 Å². The van der Waals surface area contributed by atoms with E-state index in [-0.39, 0.29) is 11.4 Å². The number of aromatic nitrogens is 4. The zero-order valence-corrected chi connectivity index (χ0v) is 19.4. The van der Waals surface area contributed by atoms with Crippen molar-refractivity contribution in [3.05, 3.63) is 89.5 Å². The van der Waals surface area contributed by atoms with Crippen LogP contribution in [0.2, 0.25) is 0 Å². The molecule has 0 saturated carbocycles. The summed E-state index contributed by atoms with van der Waals surface area (Å²) < 4.78 is 35.8. The van der Waals surface area contributed by atoms with Gasteiger partial charge in [0.1, 0.15) is 23.2 Å². The van der Waals surface area contributed by atoms with E-state index in [1.54, 1.807) is 24.3 Å². The van der Waals surface area contributed by atoms with Gasteiger partial charge < -0.3 is 15.4 Å². The maximum Gasteiger partial charge on any atom is 0.228 e. The normalized spacial score (nSPS) is 13.1. The number of anilines is 2. The monoisotopic (exact) mass is 484 g/mol. The quantitative estimate of drug-likeness (QED) is 0.390. The first-order chi connectivity index (χ1) is 17.5. The van der Waals surface area contributed by atoms with Crippen molar-refractivity contribution in [3.63, 3.8) is 0 Å². The van der Waals surface area contributed by atoms with Gasteiger partial charge >= 0.3 is 0 Å². The van der Waals surface area contributed by atoms with E-state index < -0.39 is 11.6 Å². The van der Waals surface area contributed by atoms with E-state index in [0.29, 0.717) is 47.2 Å². The number of rotatable bonds is 4. The smallest absolute Gasteiger partial charge is 0.228 e. The molecule has 5 aromatic rings. The van der Waals surface area contributed by atoms with Crippen LogP contribution in [0.1, 0.15) is 11.1 Å². The van der Waals surface area contributed by atoms with Gasteiger partial charge in [-0.1, -0.05) is 30.3 Å². The number of methoxy groups -OCH3 is 1. The van der Waals surface area contributed by atoms with Gasteiger partial charge in [-0.2, -0.15) is 4.98 Å². The van der Waals surface area contributed by atoms with Gasteiger partial charge in [0.05, 0.1) is 23.9 Å². The molecule has 3 heterocycles. The Hall–Kier alpha value is -4.53. The summed E-state index contributed by atoms with van der Waals surface area (Å²) >= 11 is 0. The Labute approximate surface area is 205 Å². The summed E-state index contributed by atoms with van der Waals surface area (Å²) in [6.45, 7) is 1.32. The van der Waals surface area contributed by atoms with Crippen LogP contribution in [-0.2, 0) is 13.0 Å². The molecule has 9 heteroatoms. The fraction of sp³-hybridized carbons (Fsp3) is 0.148. The van der Waals surface area contributed by atoms with Gasteiger partial charge in [0.15, 0.2) is 5.65 Å². The Morgan fingerprint density at radius 2 is 1.78 bits per heavy atom. The van der Waals surface area contributed by atoms with Crippen LogP contribution < -0.4 is 15.4 Å². The Morgan fingerprint density at radius 3 is 2.56 bits per heavy atom. The van der Waals surface area contributed by atoms with Crippen molar-refractivity contribution in [1.82, 2.24) is 19.7 Å². The van der Waals surface area contributed by atoms with Crippen molar-refractivity contribution < 1.29 is 13.5 Å². The van der Waals surface area contributed by atoms with Crippen LogP contribution in [0.15, 0.2) is 66.7 Å². The maximum absolute atomic E-state index is 15.3. The van der Waals surface area contributed by atoms with E-state index in [0.717, 1.165) is 6.42 Å². The second kappa shape index (κ2) is 8.60. The molecule has 7 nitrogen and oxygen atoms in total. The van der Waals surface area contributed by atoms with Crippen LogP contribution in [0, 0.1) is 11.6 Å². The first-order valence-corrected chi connectivity index (χ1v) is 11.5. The van der Waals surface area contributed by atoms with Gasteiger partial charge in [-0.25, -0.2) is 18.4 Å². The number of hydrogen-bond donors (Lipinski definition) is 1. The molecule has 0 fully saturated rings. The molecule has 1 aliphatic rings. The molecule has 0 bridgehead atoms. The van der Waals surface area contributed by atoms with Crippen LogP contribution in [0.5, 0.6) is 5.75 Å². The van der Waals surface area contributed by atoms with Gasteiger partial charge in [0, 0.05) is 24.7 Å². The minimum Gasteiger partial charge on any atom is -0.497 e. The first-order valence-electron chi connectivity index (χ1n) is 11.5. The van der Waals surface area contributed by atoms with Gasteiger partial charge in [-0.3, -0.25) is 0 Å². The zero-order chi connectivity index (χ0) is 24.8. The van der Waals surface area contributed by atoms with Crippen LogP contribution in [0.3, 0.4) is 0 Å². The lowest BCUT2D eigenvalue weighted by Crippen LogP contribution is -2.31. The summed E-state index contributed by atoms with van der Waals surface area (Å²) in [5, 5.41) is 4.97. The highest BCUT2D eigenvalue weighted by Crippen LogP contribution is 2.36. The number of benzene rings is 3. The third kappa shape index (κ3) is 3.69. The lowest BCUT2D eigenvalue weighted by atomic mass is 10.0. The molecule has 1 aliphatic heterocycles. The van der Waals surface area contributed by atoms with E-state index >= 15 is 4.39 Å². The fourth-order valence-corrected chi connectivity index (χ4v) is 4.62. The molecule has 0 atom stereocenters. The zero-order valence-electron chi connectivity index (χ0n) is 19.4. The molecule has 3 aromatic carbocycles. The van der Waals surface area contributed by atoms with Crippen molar-refractivity contribution in [3.8, 4) is 22.7 Å². The Balaban J connectivity index is 1.56. The summed E-state index contributed by atoms with van der Waals surface area (Å²) in [6.07, 6.45) is 0.837. The predicted octanol–water partition coefficient (Wildman–Crippen LogP) is 4.91. The average molecular weight is 485 g/mol. The number of nitrogen functional groups attached to an aromatic ring is 1. The minimum atomic E-state index is -0.512. The van der Waals surface area contributed by atoms with Gasteiger partial charge in [0.2, 0.25) is 5.95 Å². The number of hydrogen-bond acceptors (Lipinski definition) is 6. The minimum absolute atomic E-state index is 0.191. The van der Waals surface area contributed by atoms with Crippen LogP contribution >= 0.6 is 0 Å². The van der Waals surface area contributed by atoms with Crippen molar-refractivity contribution in [2.24, 2.45) is 0 Å². The Kier molecular flexibility index (Phi) is 5.25. The second-order valence-electron chi connectivity index (χ2n) is 8.63. The number of nitrogens with two attached hydrogens (primary N) is 1. The average Bonchev–Trinajstić information content (AvgIpc) is 3.24. The highest BCUT2D eigenvalue weighted by atomic mass is 19.1. The third-order valence-electron chi connectivity index (χ3n) is 6.45. The standard InChI is InChI=1S/C27H22F2N6O/c1-36-20-9-10-21(22(29)14-20)24-23-25(30)35(19-8-4-7-18(28)13-19)33-26(23)32-27(31-24)34-12-11-16-5-2-3-6-17(16)15-34/h2-10,13-14H,11-12,15,30H2,1H3. The molecule has 36 heavy (non-hydrogen) atoms. The van der Waals surface area contributed by atoms with E-state index in [2.05, 4.69) is 17.2 Å². The van der Waals surface area contributed by atoms with Crippen molar-refractivity contribution in [2.75, 3.05) is 24.3 Å². The highest BCUT2D eigenvalue weighted by molar-refractivity contribution is 5.99. The molecule has 180 valence electrons. The SMILES string of the molecule is COc1ccc(-c2nc(N3CCc4ccccc4C3)nc3nn(-c4cccc(F)c4)c(N)c23)c(F)c1. The number of fused-ring (bicyclic) bond motifs is 2. The van der Waals surface area contributed by atoms with Crippen LogP contribution in [0.4, 0.5) is 20.5 Å². The van der Waals surface area contributed by atoms with Crippen molar-refractivity contribution in [2.45, 2.75) is 13.0 Å². The molecule has 2 N–H and O–H groups in total. The Morgan fingerprint density at radius 1 is 0.944 bits per heavy atom. The molecular formula is C27H22F2N6O. The summed E-state index contributed by atoms with van der Waals surface area (Å²) in [7, 11) is 1.48. The largest absolute Gasteiger partial charge is 0.497 e. The molecular weight excluding hydrogens is 462 g/mol. The maximum atomic E-state index is 15.3. The van der Waals surface area contributed by atoms with Gasteiger partial charge in [-0.05, 0) is 47.9 Å². The molecule has 0 unspecified atom stereocenters. The van der Waals surface area contributed by atoms with Crippen molar-refractivity contribution in [1.29, 1.82) is 0 Å². The highest BCUT2D eigenvalue weighted by Gasteiger charge is 2.25. The summed E-state index contributed by atoms with van der Waals surface area (Å²) in [6, 6.07) is 18.7. The van der Waals surface area contributed by atoms with Gasteiger partial charge in [-0.15, -0.1) is 5.10 Å². The molecule has 0 spiro atoms. The molecule has 6 rings (SSSR count). The molecule has 2 aromatic heterocycles. The number of ether oxygens (including phenoxy) is 1. The van der Waals surface area contributed by atoms with E-state index in [9.17, 15) is 4.39 Å². The lowest BCUT2D eigenvalue weighted by molar-refractivity contribution is 0.411. The topological polar surface area (TPSA) is 82.1 Å². The summed E-state index contributed by atoms with van der Waals surface area (Å²) in [4.78, 5) is 11.6. The first kappa shape index (κ1) is 22.0. The van der Waals surface area contributed by atoms with Crippen LogP contribution in [-0.4, -0.2) is 33.4 Å². The van der Waals surface area contributed by atoms with Gasteiger partial charge in [0.25, 0.3) is 0 Å². The molecule has 0 radical (unpaired) electrons. The predicted molar refractivity (Wildman–Crippen MR) is 134 cm³/mol. The lowest BCUT2D eigenvalue weighted by Gasteiger charge is -2.29. The molecule has 0 aliphatic carbocycles. The van der Waals surface area contributed by atoms with Crippen LogP contribution in [0.25, 0.3) is 28.0 Å². The van der Waals surface area contributed by atoms with E-state index in [4.69, 9.17) is 20.4 Å². The third-order valence-corrected chi connectivity index (χ3v) is 6.45. The summed E-state index contributed by atoms with van der Waals surface area (Å²) in [5.41, 5.74) is 10.3. The number of nitrogens with zero attached hydrogens (tertiary/aromatic N) is 5. The molecule has 0 saturated heterocycles. The summed E-state index contributed by atoms with van der Waals surface area (Å²) in [5.74, 6) is 0.0640. The fourth-order valence-electron chi connectivity index (χ4n) is 4.62. The van der Waals surface area contributed by atoms with Crippen molar-refractivity contribution >= 4 is 22.8 Å². The second-order valence-corrected chi connectivity index (χ2v) is 8.63. The Bertz CT molecular complexity index is 1620. The number of halogens is 2.